The Morgan fingerprint density at radius 3 is 2.59 bits per heavy atom. The van der Waals surface area contributed by atoms with Crippen LogP contribution < -0.4 is 14.8 Å². The normalized spacial score (nSPS) is 10.2. The van der Waals surface area contributed by atoms with E-state index >= 15 is 0 Å². The van der Waals surface area contributed by atoms with Crippen LogP contribution in [-0.4, -0.2) is 19.6 Å². The average Bonchev–Trinajstić information content (AvgIpc) is 2.50. The van der Waals surface area contributed by atoms with E-state index in [1.165, 1.54) is 0 Å². The minimum absolute atomic E-state index is 0.0627. The molecule has 0 bridgehead atoms. The molecule has 0 saturated heterocycles. The maximum Gasteiger partial charge on any atom is 0.262 e. The number of amides is 1. The van der Waals surface area contributed by atoms with Crippen molar-refractivity contribution >= 4 is 11.6 Å². The first-order valence-corrected chi connectivity index (χ1v) is 7.14. The fraction of sp³-hybridized carbons (Fsp3) is 0.278. The lowest BCUT2D eigenvalue weighted by Crippen LogP contribution is -2.21. The van der Waals surface area contributed by atoms with Crippen molar-refractivity contribution < 1.29 is 14.3 Å². The molecule has 0 aliphatic carbocycles. The fourth-order valence-electron chi connectivity index (χ4n) is 2.11. The third kappa shape index (κ3) is 3.79. The Labute approximate surface area is 131 Å². The van der Waals surface area contributed by atoms with Gasteiger partial charge >= 0.3 is 0 Å². The molecular weight excluding hydrogens is 278 g/mol. The summed E-state index contributed by atoms with van der Waals surface area (Å²) in [5.74, 6) is 0.986. The zero-order chi connectivity index (χ0) is 16.1. The van der Waals surface area contributed by atoms with Crippen molar-refractivity contribution in [1.82, 2.24) is 0 Å². The SMILES string of the molecule is COc1cc(C)ccc1OCC(=O)Nc1cccc(C)c1C. The van der Waals surface area contributed by atoms with Gasteiger partial charge in [0, 0.05) is 5.69 Å². The van der Waals surface area contributed by atoms with Gasteiger partial charge in [0.1, 0.15) is 0 Å². The number of benzene rings is 2. The maximum absolute atomic E-state index is 12.0. The van der Waals surface area contributed by atoms with Crippen LogP contribution in [0.5, 0.6) is 11.5 Å². The van der Waals surface area contributed by atoms with Gasteiger partial charge in [-0.15, -0.1) is 0 Å². The molecule has 22 heavy (non-hydrogen) atoms. The van der Waals surface area contributed by atoms with Gasteiger partial charge in [0.2, 0.25) is 0 Å². The number of carbonyl (C=O) groups excluding carboxylic acids is 1. The van der Waals surface area contributed by atoms with Crippen molar-refractivity contribution in [3.8, 4) is 11.5 Å². The molecule has 0 heterocycles. The van der Waals surface area contributed by atoms with Gasteiger partial charge in [0.05, 0.1) is 7.11 Å². The van der Waals surface area contributed by atoms with Crippen molar-refractivity contribution in [2.24, 2.45) is 0 Å². The summed E-state index contributed by atoms with van der Waals surface area (Å²) in [7, 11) is 1.58. The van der Waals surface area contributed by atoms with Crippen LogP contribution in [-0.2, 0) is 4.79 Å². The van der Waals surface area contributed by atoms with Crippen molar-refractivity contribution in [3.05, 3.63) is 53.1 Å². The molecule has 116 valence electrons. The standard InChI is InChI=1S/C18H21NO3/c1-12-8-9-16(17(10-12)21-4)22-11-18(20)19-15-7-5-6-13(2)14(15)3/h5-10H,11H2,1-4H3,(H,19,20). The van der Waals surface area contributed by atoms with E-state index in [1.807, 2.05) is 51.1 Å². The minimum atomic E-state index is -0.198. The van der Waals surface area contributed by atoms with E-state index < -0.39 is 0 Å². The third-order valence-corrected chi connectivity index (χ3v) is 3.56. The molecule has 0 aliphatic rings. The van der Waals surface area contributed by atoms with Crippen LogP contribution in [0.2, 0.25) is 0 Å². The summed E-state index contributed by atoms with van der Waals surface area (Å²) >= 11 is 0. The lowest BCUT2D eigenvalue weighted by atomic mass is 10.1. The Morgan fingerprint density at radius 1 is 1.09 bits per heavy atom. The minimum Gasteiger partial charge on any atom is -0.493 e. The van der Waals surface area contributed by atoms with Gasteiger partial charge in [-0.25, -0.2) is 0 Å². The van der Waals surface area contributed by atoms with E-state index in [-0.39, 0.29) is 12.5 Å². The second-order valence-corrected chi connectivity index (χ2v) is 5.24. The molecule has 0 fully saturated rings. The largest absolute Gasteiger partial charge is 0.493 e. The highest BCUT2D eigenvalue weighted by Gasteiger charge is 2.09. The molecule has 0 spiro atoms. The molecule has 0 radical (unpaired) electrons. The van der Waals surface area contributed by atoms with Crippen LogP contribution in [0.3, 0.4) is 0 Å². The molecule has 4 nitrogen and oxygen atoms in total. The topological polar surface area (TPSA) is 47.6 Å². The molecule has 1 amide bonds. The second kappa shape index (κ2) is 6.98. The number of carbonyl (C=O) groups is 1. The van der Waals surface area contributed by atoms with Crippen LogP contribution in [0.4, 0.5) is 5.69 Å². The first-order chi connectivity index (χ1) is 10.5. The van der Waals surface area contributed by atoms with Gasteiger partial charge in [-0.1, -0.05) is 18.2 Å². The quantitative estimate of drug-likeness (QED) is 0.917. The summed E-state index contributed by atoms with van der Waals surface area (Å²) in [5.41, 5.74) is 4.08. The predicted octanol–water partition coefficient (Wildman–Crippen LogP) is 3.64. The van der Waals surface area contributed by atoms with Crippen molar-refractivity contribution in [2.75, 3.05) is 19.0 Å². The first kappa shape index (κ1) is 15.9. The molecule has 0 aliphatic heterocycles. The molecule has 2 aromatic carbocycles. The highest BCUT2D eigenvalue weighted by molar-refractivity contribution is 5.92. The van der Waals surface area contributed by atoms with Crippen LogP contribution in [0.15, 0.2) is 36.4 Å². The molecule has 2 aromatic rings. The summed E-state index contributed by atoms with van der Waals surface area (Å²) in [6.07, 6.45) is 0. The average molecular weight is 299 g/mol. The number of aryl methyl sites for hydroxylation is 2. The lowest BCUT2D eigenvalue weighted by Gasteiger charge is -2.13. The van der Waals surface area contributed by atoms with E-state index in [4.69, 9.17) is 9.47 Å². The van der Waals surface area contributed by atoms with Gasteiger partial charge in [-0.05, 0) is 55.7 Å². The summed E-state index contributed by atoms with van der Waals surface area (Å²) in [5, 5.41) is 2.87. The highest BCUT2D eigenvalue weighted by Crippen LogP contribution is 2.27. The number of ether oxygens (including phenoxy) is 2. The molecule has 0 atom stereocenters. The second-order valence-electron chi connectivity index (χ2n) is 5.24. The van der Waals surface area contributed by atoms with Gasteiger partial charge < -0.3 is 14.8 Å². The van der Waals surface area contributed by atoms with Gasteiger partial charge in [-0.3, -0.25) is 4.79 Å². The zero-order valence-corrected chi connectivity index (χ0v) is 13.4. The number of methoxy groups -OCH3 is 1. The van der Waals surface area contributed by atoms with Gasteiger partial charge in [0.25, 0.3) is 5.91 Å². The Bertz CT molecular complexity index is 680. The smallest absolute Gasteiger partial charge is 0.262 e. The van der Waals surface area contributed by atoms with Gasteiger partial charge in [0.15, 0.2) is 18.1 Å². The van der Waals surface area contributed by atoms with E-state index in [1.54, 1.807) is 13.2 Å². The number of nitrogens with one attached hydrogen (secondary N) is 1. The van der Waals surface area contributed by atoms with Crippen LogP contribution in [0.1, 0.15) is 16.7 Å². The number of rotatable bonds is 5. The van der Waals surface area contributed by atoms with Crippen molar-refractivity contribution in [1.29, 1.82) is 0 Å². The van der Waals surface area contributed by atoms with E-state index in [0.717, 1.165) is 22.4 Å². The Morgan fingerprint density at radius 2 is 1.86 bits per heavy atom. The molecule has 1 N–H and O–H groups in total. The Hall–Kier alpha value is -2.49. The summed E-state index contributed by atoms with van der Waals surface area (Å²) in [4.78, 5) is 12.0. The number of hydrogen-bond acceptors (Lipinski definition) is 3. The predicted molar refractivity (Wildman–Crippen MR) is 87.8 cm³/mol. The maximum atomic E-state index is 12.0. The number of hydrogen-bond donors (Lipinski definition) is 1. The third-order valence-electron chi connectivity index (χ3n) is 3.56. The van der Waals surface area contributed by atoms with Crippen LogP contribution in [0, 0.1) is 20.8 Å². The summed E-state index contributed by atoms with van der Waals surface area (Å²) in [6, 6.07) is 11.4. The van der Waals surface area contributed by atoms with Crippen LogP contribution >= 0.6 is 0 Å². The van der Waals surface area contributed by atoms with Crippen molar-refractivity contribution in [3.63, 3.8) is 0 Å². The highest BCUT2D eigenvalue weighted by atomic mass is 16.5. The zero-order valence-electron chi connectivity index (χ0n) is 13.4. The van der Waals surface area contributed by atoms with Crippen molar-refractivity contribution in [2.45, 2.75) is 20.8 Å². The van der Waals surface area contributed by atoms with E-state index in [9.17, 15) is 4.79 Å². The first-order valence-electron chi connectivity index (χ1n) is 7.14. The monoisotopic (exact) mass is 299 g/mol. The lowest BCUT2D eigenvalue weighted by molar-refractivity contribution is -0.118. The molecule has 0 aromatic heterocycles. The molecule has 2 rings (SSSR count). The van der Waals surface area contributed by atoms with Gasteiger partial charge in [-0.2, -0.15) is 0 Å². The number of anilines is 1. The Balaban J connectivity index is 2.00. The molecule has 0 saturated carbocycles. The van der Waals surface area contributed by atoms with E-state index in [0.29, 0.717) is 11.5 Å². The molecule has 4 heteroatoms. The molecular formula is C18H21NO3. The van der Waals surface area contributed by atoms with E-state index in [2.05, 4.69) is 5.32 Å². The van der Waals surface area contributed by atoms with Crippen LogP contribution in [0.25, 0.3) is 0 Å². The summed E-state index contributed by atoms with van der Waals surface area (Å²) in [6.45, 7) is 5.90. The fourth-order valence-corrected chi connectivity index (χ4v) is 2.11. The Kier molecular flexibility index (Phi) is 5.04. The summed E-state index contributed by atoms with van der Waals surface area (Å²) < 4.78 is 10.8. The molecule has 0 unspecified atom stereocenters.